The molecular formula is C18H21F2NO2. The number of nitrogens with zero attached hydrogens (tertiary/aromatic N) is 1. The fraction of sp³-hybridized carbons (Fsp3) is 0.500. The zero-order valence-corrected chi connectivity index (χ0v) is 13.0. The second kappa shape index (κ2) is 6.79. The van der Waals surface area contributed by atoms with Crippen LogP contribution in [0.5, 0.6) is 0 Å². The van der Waals surface area contributed by atoms with E-state index in [4.69, 9.17) is 4.74 Å². The average molecular weight is 321 g/mol. The summed E-state index contributed by atoms with van der Waals surface area (Å²) in [6.45, 7) is 4.54. The zero-order chi connectivity index (χ0) is 16.4. The minimum absolute atomic E-state index is 0.0646. The highest BCUT2D eigenvalue weighted by Gasteiger charge is 2.37. The third kappa shape index (κ3) is 3.61. The lowest BCUT2D eigenvalue weighted by Gasteiger charge is -2.38. The molecule has 1 aromatic carbocycles. The van der Waals surface area contributed by atoms with Gasteiger partial charge in [0.1, 0.15) is 11.6 Å². The molecule has 3 atom stereocenters. The fourth-order valence-electron chi connectivity index (χ4n) is 3.79. The summed E-state index contributed by atoms with van der Waals surface area (Å²) in [4.78, 5) is 14.0. The van der Waals surface area contributed by atoms with Crippen molar-refractivity contribution in [1.29, 1.82) is 0 Å². The van der Waals surface area contributed by atoms with Crippen molar-refractivity contribution in [3.8, 4) is 0 Å². The van der Waals surface area contributed by atoms with Gasteiger partial charge in [0.25, 0.3) is 0 Å². The van der Waals surface area contributed by atoms with Gasteiger partial charge < -0.3 is 9.64 Å². The molecule has 0 spiro atoms. The van der Waals surface area contributed by atoms with E-state index in [0.717, 1.165) is 38.4 Å². The first-order valence-corrected chi connectivity index (χ1v) is 8.06. The first-order chi connectivity index (χ1) is 11.1. The Morgan fingerprint density at radius 2 is 2.00 bits per heavy atom. The van der Waals surface area contributed by atoms with Crippen LogP contribution < -0.4 is 0 Å². The monoisotopic (exact) mass is 321 g/mol. The number of fused-ring (bicyclic) bond motifs is 1. The summed E-state index contributed by atoms with van der Waals surface area (Å²) in [6.07, 6.45) is 5.24. The molecule has 2 fully saturated rings. The van der Waals surface area contributed by atoms with Crippen LogP contribution in [0.1, 0.15) is 31.2 Å². The Morgan fingerprint density at radius 3 is 2.70 bits per heavy atom. The molecule has 23 heavy (non-hydrogen) atoms. The number of rotatable bonds is 4. The van der Waals surface area contributed by atoms with Crippen molar-refractivity contribution >= 4 is 5.91 Å². The molecule has 1 saturated heterocycles. The lowest BCUT2D eigenvalue weighted by molar-refractivity contribution is -0.130. The van der Waals surface area contributed by atoms with E-state index in [1.54, 1.807) is 4.90 Å². The maximum absolute atomic E-state index is 13.4. The molecule has 5 heteroatoms. The van der Waals surface area contributed by atoms with E-state index in [1.807, 2.05) is 0 Å². The normalized spacial score (nSPS) is 26.6. The van der Waals surface area contributed by atoms with Crippen LogP contribution in [0.2, 0.25) is 0 Å². The summed E-state index contributed by atoms with van der Waals surface area (Å²) in [7, 11) is 0. The van der Waals surface area contributed by atoms with E-state index >= 15 is 0 Å². The number of halogens is 2. The maximum atomic E-state index is 13.4. The highest BCUT2D eigenvalue weighted by Crippen LogP contribution is 2.36. The van der Waals surface area contributed by atoms with E-state index in [1.165, 1.54) is 18.2 Å². The van der Waals surface area contributed by atoms with E-state index < -0.39 is 11.6 Å². The lowest BCUT2D eigenvalue weighted by Crippen LogP contribution is -2.44. The van der Waals surface area contributed by atoms with Gasteiger partial charge in [0, 0.05) is 25.3 Å². The van der Waals surface area contributed by atoms with Gasteiger partial charge in [-0.1, -0.05) is 6.58 Å². The largest absolute Gasteiger partial charge is 0.378 e. The number of hydrogen-bond acceptors (Lipinski definition) is 2. The van der Waals surface area contributed by atoms with Crippen molar-refractivity contribution in [3.05, 3.63) is 48.1 Å². The van der Waals surface area contributed by atoms with Crippen LogP contribution in [0.15, 0.2) is 30.9 Å². The third-order valence-electron chi connectivity index (χ3n) is 4.88. The molecule has 0 aromatic heterocycles. The predicted octanol–water partition coefficient (Wildman–Crippen LogP) is 3.44. The van der Waals surface area contributed by atoms with Gasteiger partial charge in [0.2, 0.25) is 5.91 Å². The molecule has 3 rings (SSSR count). The third-order valence-corrected chi connectivity index (χ3v) is 4.88. The standard InChI is InChI=1S/C18H21F2NO2/c1-2-18(22)21(11-12-7-14(19)10-15(20)8-12)16-3-4-17-13(9-16)5-6-23-17/h2,7-8,10,13,16-17H,1,3-6,9,11H2. The second-order valence-corrected chi connectivity index (χ2v) is 6.37. The van der Waals surface area contributed by atoms with Gasteiger partial charge in [-0.05, 0) is 55.4 Å². The molecule has 0 radical (unpaired) electrons. The Labute approximate surface area is 134 Å². The predicted molar refractivity (Wildman–Crippen MR) is 82.6 cm³/mol. The molecule has 0 N–H and O–H groups in total. The van der Waals surface area contributed by atoms with Gasteiger partial charge >= 0.3 is 0 Å². The number of amides is 1. The quantitative estimate of drug-likeness (QED) is 0.795. The maximum Gasteiger partial charge on any atom is 0.246 e. The number of benzene rings is 1. The molecular weight excluding hydrogens is 300 g/mol. The van der Waals surface area contributed by atoms with E-state index in [-0.39, 0.29) is 18.5 Å². The van der Waals surface area contributed by atoms with Gasteiger partial charge in [-0.2, -0.15) is 0 Å². The molecule has 1 saturated carbocycles. The van der Waals surface area contributed by atoms with Crippen LogP contribution in [-0.4, -0.2) is 29.6 Å². The smallest absolute Gasteiger partial charge is 0.246 e. The Kier molecular flexibility index (Phi) is 4.76. The molecule has 0 bridgehead atoms. The first kappa shape index (κ1) is 16.1. The molecule has 3 unspecified atom stereocenters. The summed E-state index contributed by atoms with van der Waals surface area (Å²) < 4.78 is 32.5. The van der Waals surface area contributed by atoms with Crippen molar-refractivity contribution < 1.29 is 18.3 Å². The van der Waals surface area contributed by atoms with Gasteiger partial charge in [-0.15, -0.1) is 0 Å². The molecule has 3 nitrogen and oxygen atoms in total. The highest BCUT2D eigenvalue weighted by atomic mass is 19.1. The number of carbonyl (C=O) groups excluding carboxylic acids is 1. The van der Waals surface area contributed by atoms with Crippen LogP contribution in [-0.2, 0) is 16.1 Å². The summed E-state index contributed by atoms with van der Waals surface area (Å²) in [6, 6.07) is 3.45. The van der Waals surface area contributed by atoms with Gasteiger partial charge in [0.15, 0.2) is 0 Å². The highest BCUT2D eigenvalue weighted by molar-refractivity contribution is 5.87. The summed E-state index contributed by atoms with van der Waals surface area (Å²) >= 11 is 0. The van der Waals surface area contributed by atoms with Crippen molar-refractivity contribution in [3.63, 3.8) is 0 Å². The minimum atomic E-state index is -0.626. The Balaban J connectivity index is 1.77. The number of hydrogen-bond donors (Lipinski definition) is 0. The minimum Gasteiger partial charge on any atom is -0.378 e. The van der Waals surface area contributed by atoms with Crippen LogP contribution in [0.25, 0.3) is 0 Å². The van der Waals surface area contributed by atoms with Crippen LogP contribution in [0.4, 0.5) is 8.78 Å². The molecule has 1 heterocycles. The summed E-state index contributed by atoms with van der Waals surface area (Å²) in [5.74, 6) is -0.979. The number of ether oxygens (including phenoxy) is 1. The van der Waals surface area contributed by atoms with E-state index in [0.29, 0.717) is 17.6 Å². The molecule has 124 valence electrons. The number of carbonyl (C=O) groups is 1. The molecule has 2 aliphatic rings. The molecule has 1 aliphatic heterocycles. The van der Waals surface area contributed by atoms with Gasteiger partial charge in [-0.25, -0.2) is 8.78 Å². The Morgan fingerprint density at radius 1 is 1.26 bits per heavy atom. The van der Waals surface area contributed by atoms with Gasteiger partial charge in [-0.3, -0.25) is 4.79 Å². The SMILES string of the molecule is C=CC(=O)N(Cc1cc(F)cc(F)c1)C1CCC2OCCC2C1. The van der Waals surface area contributed by atoms with Crippen molar-refractivity contribution in [2.75, 3.05) is 6.61 Å². The van der Waals surface area contributed by atoms with Gasteiger partial charge in [0.05, 0.1) is 6.10 Å². The van der Waals surface area contributed by atoms with E-state index in [9.17, 15) is 13.6 Å². The van der Waals surface area contributed by atoms with Crippen LogP contribution in [0.3, 0.4) is 0 Å². The van der Waals surface area contributed by atoms with Crippen LogP contribution in [0, 0.1) is 17.6 Å². The topological polar surface area (TPSA) is 29.5 Å². The average Bonchev–Trinajstić information content (AvgIpc) is 2.98. The second-order valence-electron chi connectivity index (χ2n) is 6.37. The molecule has 1 amide bonds. The molecule has 1 aliphatic carbocycles. The Hall–Kier alpha value is -1.75. The summed E-state index contributed by atoms with van der Waals surface area (Å²) in [5, 5.41) is 0. The fourth-order valence-corrected chi connectivity index (χ4v) is 3.79. The Bertz CT molecular complexity index is 584. The molecule has 1 aromatic rings. The van der Waals surface area contributed by atoms with E-state index in [2.05, 4.69) is 6.58 Å². The zero-order valence-electron chi connectivity index (χ0n) is 13.0. The first-order valence-electron chi connectivity index (χ1n) is 8.06. The van der Waals surface area contributed by atoms with Crippen LogP contribution >= 0.6 is 0 Å². The van der Waals surface area contributed by atoms with Crippen molar-refractivity contribution in [2.24, 2.45) is 5.92 Å². The lowest BCUT2D eigenvalue weighted by atomic mass is 9.82. The van der Waals surface area contributed by atoms with Crippen molar-refractivity contribution in [1.82, 2.24) is 4.90 Å². The summed E-state index contributed by atoms with van der Waals surface area (Å²) in [5.41, 5.74) is 0.461. The van der Waals surface area contributed by atoms with Crippen molar-refractivity contribution in [2.45, 2.75) is 44.4 Å².